The van der Waals surface area contributed by atoms with E-state index in [0.29, 0.717) is 37.1 Å². The lowest BCUT2D eigenvalue weighted by atomic mass is 10.1. The average Bonchev–Trinajstić information content (AvgIpc) is 2.40. The number of benzene rings is 1. The molecule has 1 aromatic carbocycles. The van der Waals surface area contributed by atoms with Crippen LogP contribution in [0.25, 0.3) is 0 Å². The lowest BCUT2D eigenvalue weighted by Gasteiger charge is -2.09. The van der Waals surface area contributed by atoms with E-state index >= 15 is 0 Å². The third-order valence-corrected chi connectivity index (χ3v) is 2.86. The summed E-state index contributed by atoms with van der Waals surface area (Å²) in [5.74, 6) is -1.40. The second-order valence-electron chi connectivity index (χ2n) is 4.64. The van der Waals surface area contributed by atoms with Crippen LogP contribution in [0.1, 0.15) is 35.2 Å². The minimum atomic E-state index is -1.04. The summed E-state index contributed by atoms with van der Waals surface area (Å²) in [6.07, 6.45) is 1.55. The number of amides is 3. The fraction of sp³-hybridized carbons (Fsp3) is 0.357. The standard InChI is InChI=1S/C14H19N3O4/c1-9-5-6-10(8-11(9)13(19)20)17-14(21)16-7-3-2-4-12(15)18/h5-6,8H,2-4,7H2,1H3,(H2,15,18)(H,19,20)(H2,16,17,21). The minimum absolute atomic E-state index is 0.147. The Labute approximate surface area is 122 Å². The Kier molecular flexibility index (Phi) is 6.19. The van der Waals surface area contributed by atoms with Crippen LogP contribution in [-0.2, 0) is 4.79 Å². The summed E-state index contributed by atoms with van der Waals surface area (Å²) in [4.78, 5) is 33.1. The van der Waals surface area contributed by atoms with Gasteiger partial charge in [0.1, 0.15) is 0 Å². The molecule has 0 aliphatic carbocycles. The average molecular weight is 293 g/mol. The van der Waals surface area contributed by atoms with Crippen molar-refractivity contribution in [3.05, 3.63) is 29.3 Å². The molecule has 0 fully saturated rings. The minimum Gasteiger partial charge on any atom is -0.478 e. The van der Waals surface area contributed by atoms with Gasteiger partial charge in [0.05, 0.1) is 5.56 Å². The van der Waals surface area contributed by atoms with Gasteiger partial charge in [-0.25, -0.2) is 9.59 Å². The molecule has 1 rings (SSSR count). The SMILES string of the molecule is Cc1ccc(NC(=O)NCCCCC(N)=O)cc1C(=O)O. The number of urea groups is 1. The number of carboxylic acid groups (broad SMARTS) is 1. The van der Waals surface area contributed by atoms with Gasteiger partial charge in [0.15, 0.2) is 0 Å². The summed E-state index contributed by atoms with van der Waals surface area (Å²) in [5, 5.41) is 14.2. The highest BCUT2D eigenvalue weighted by Crippen LogP contribution is 2.15. The smallest absolute Gasteiger partial charge is 0.336 e. The van der Waals surface area contributed by atoms with Crippen molar-refractivity contribution in [2.24, 2.45) is 5.73 Å². The van der Waals surface area contributed by atoms with E-state index in [9.17, 15) is 14.4 Å². The molecule has 21 heavy (non-hydrogen) atoms. The number of carbonyl (C=O) groups is 3. The number of nitrogens with one attached hydrogen (secondary N) is 2. The van der Waals surface area contributed by atoms with Gasteiger partial charge >= 0.3 is 12.0 Å². The molecule has 0 aliphatic heterocycles. The maximum atomic E-state index is 11.6. The summed E-state index contributed by atoms with van der Waals surface area (Å²) < 4.78 is 0. The number of primary amides is 1. The molecule has 0 heterocycles. The van der Waals surface area contributed by atoms with Crippen molar-refractivity contribution in [3.63, 3.8) is 0 Å². The van der Waals surface area contributed by atoms with Crippen molar-refractivity contribution in [3.8, 4) is 0 Å². The number of carbonyl (C=O) groups excluding carboxylic acids is 2. The fourth-order valence-electron chi connectivity index (χ4n) is 1.73. The van der Waals surface area contributed by atoms with E-state index in [-0.39, 0.29) is 11.5 Å². The lowest BCUT2D eigenvalue weighted by Crippen LogP contribution is -2.29. The van der Waals surface area contributed by atoms with Gasteiger partial charge in [0, 0.05) is 18.7 Å². The van der Waals surface area contributed by atoms with Gasteiger partial charge in [0.25, 0.3) is 0 Å². The Bertz CT molecular complexity index is 543. The molecule has 7 heteroatoms. The second-order valence-corrected chi connectivity index (χ2v) is 4.64. The Morgan fingerprint density at radius 1 is 1.24 bits per heavy atom. The molecule has 0 saturated heterocycles. The van der Waals surface area contributed by atoms with E-state index in [1.54, 1.807) is 19.1 Å². The van der Waals surface area contributed by atoms with Crippen molar-refractivity contribution >= 4 is 23.6 Å². The van der Waals surface area contributed by atoms with Gasteiger partial charge in [0.2, 0.25) is 5.91 Å². The number of carboxylic acids is 1. The van der Waals surface area contributed by atoms with Gasteiger partial charge in [-0.3, -0.25) is 4.79 Å². The normalized spacial score (nSPS) is 9.95. The Morgan fingerprint density at radius 3 is 2.57 bits per heavy atom. The summed E-state index contributed by atoms with van der Waals surface area (Å²) in [7, 11) is 0. The van der Waals surface area contributed by atoms with Gasteiger partial charge < -0.3 is 21.5 Å². The molecule has 0 aromatic heterocycles. The van der Waals surface area contributed by atoms with Crippen molar-refractivity contribution in [1.82, 2.24) is 5.32 Å². The first-order valence-corrected chi connectivity index (χ1v) is 6.57. The third kappa shape index (κ3) is 5.94. The monoisotopic (exact) mass is 293 g/mol. The fourth-order valence-corrected chi connectivity index (χ4v) is 1.73. The predicted octanol–water partition coefficient (Wildman–Crippen LogP) is 1.47. The van der Waals surface area contributed by atoms with Crippen LogP contribution in [0.15, 0.2) is 18.2 Å². The van der Waals surface area contributed by atoms with E-state index in [1.807, 2.05) is 0 Å². The number of rotatable bonds is 7. The zero-order chi connectivity index (χ0) is 15.8. The number of hydrogen-bond donors (Lipinski definition) is 4. The molecular weight excluding hydrogens is 274 g/mol. The quantitative estimate of drug-likeness (QED) is 0.569. The number of hydrogen-bond acceptors (Lipinski definition) is 3. The van der Waals surface area contributed by atoms with Gasteiger partial charge in [-0.1, -0.05) is 6.07 Å². The van der Waals surface area contributed by atoms with Crippen LogP contribution in [0, 0.1) is 6.92 Å². The van der Waals surface area contributed by atoms with E-state index in [2.05, 4.69) is 10.6 Å². The van der Waals surface area contributed by atoms with E-state index < -0.39 is 12.0 Å². The zero-order valence-electron chi connectivity index (χ0n) is 11.8. The lowest BCUT2D eigenvalue weighted by molar-refractivity contribution is -0.118. The van der Waals surface area contributed by atoms with Gasteiger partial charge in [-0.05, 0) is 37.5 Å². The molecule has 5 N–H and O–H groups in total. The van der Waals surface area contributed by atoms with Gasteiger partial charge in [-0.15, -0.1) is 0 Å². The Morgan fingerprint density at radius 2 is 1.95 bits per heavy atom. The van der Waals surface area contributed by atoms with E-state index in [0.717, 1.165) is 0 Å². The van der Waals surface area contributed by atoms with Crippen LogP contribution < -0.4 is 16.4 Å². The summed E-state index contributed by atoms with van der Waals surface area (Å²) in [5.41, 5.74) is 6.18. The molecule has 0 radical (unpaired) electrons. The molecule has 0 spiro atoms. The van der Waals surface area contributed by atoms with Crippen LogP contribution in [0.2, 0.25) is 0 Å². The van der Waals surface area contributed by atoms with Crippen molar-refractivity contribution in [2.45, 2.75) is 26.2 Å². The second kappa shape index (κ2) is 7.88. The number of aryl methyl sites for hydroxylation is 1. The Balaban J connectivity index is 2.43. The maximum absolute atomic E-state index is 11.6. The zero-order valence-corrected chi connectivity index (χ0v) is 11.8. The maximum Gasteiger partial charge on any atom is 0.336 e. The van der Waals surface area contributed by atoms with Crippen LogP contribution in [0.3, 0.4) is 0 Å². The molecule has 3 amide bonds. The molecule has 7 nitrogen and oxygen atoms in total. The molecular formula is C14H19N3O4. The Hall–Kier alpha value is -2.57. The first-order valence-electron chi connectivity index (χ1n) is 6.57. The first kappa shape index (κ1) is 16.5. The largest absolute Gasteiger partial charge is 0.478 e. The molecule has 0 bridgehead atoms. The predicted molar refractivity (Wildman–Crippen MR) is 78.2 cm³/mol. The van der Waals surface area contributed by atoms with Crippen LogP contribution in [0.4, 0.5) is 10.5 Å². The number of unbranched alkanes of at least 4 members (excludes halogenated alkanes) is 1. The molecule has 0 unspecified atom stereocenters. The van der Waals surface area contributed by atoms with Gasteiger partial charge in [-0.2, -0.15) is 0 Å². The highest BCUT2D eigenvalue weighted by atomic mass is 16.4. The molecule has 114 valence electrons. The van der Waals surface area contributed by atoms with Crippen LogP contribution in [0.5, 0.6) is 0 Å². The summed E-state index contributed by atoms with van der Waals surface area (Å²) >= 11 is 0. The van der Waals surface area contributed by atoms with Crippen molar-refractivity contribution in [2.75, 3.05) is 11.9 Å². The number of nitrogens with two attached hydrogens (primary N) is 1. The molecule has 0 saturated carbocycles. The van der Waals surface area contributed by atoms with E-state index in [4.69, 9.17) is 10.8 Å². The summed E-state index contributed by atoms with van der Waals surface area (Å²) in [6.45, 7) is 2.10. The first-order chi connectivity index (χ1) is 9.90. The highest BCUT2D eigenvalue weighted by Gasteiger charge is 2.09. The topological polar surface area (TPSA) is 122 Å². The van der Waals surface area contributed by atoms with Crippen LogP contribution >= 0.6 is 0 Å². The van der Waals surface area contributed by atoms with E-state index in [1.165, 1.54) is 6.07 Å². The molecule has 1 aromatic rings. The number of aromatic carboxylic acids is 1. The number of anilines is 1. The highest BCUT2D eigenvalue weighted by molar-refractivity contribution is 5.94. The molecule has 0 aliphatic rings. The molecule has 0 atom stereocenters. The third-order valence-electron chi connectivity index (χ3n) is 2.86. The summed E-state index contributed by atoms with van der Waals surface area (Å²) in [6, 6.07) is 4.25. The van der Waals surface area contributed by atoms with Crippen molar-refractivity contribution < 1.29 is 19.5 Å². The van der Waals surface area contributed by atoms with Crippen LogP contribution in [-0.4, -0.2) is 29.6 Å². The van der Waals surface area contributed by atoms with Crippen molar-refractivity contribution in [1.29, 1.82) is 0 Å².